The van der Waals surface area contributed by atoms with Crippen LogP contribution in [0.15, 0.2) is 17.4 Å². The van der Waals surface area contributed by atoms with Crippen molar-refractivity contribution in [3.05, 3.63) is 12.4 Å². The molecule has 1 amide bonds. The van der Waals surface area contributed by atoms with Crippen molar-refractivity contribution in [1.29, 1.82) is 0 Å². The number of amides is 1. The van der Waals surface area contributed by atoms with E-state index in [0.29, 0.717) is 19.0 Å². The van der Waals surface area contributed by atoms with E-state index in [2.05, 4.69) is 15.4 Å². The first-order valence-corrected chi connectivity index (χ1v) is 8.16. The van der Waals surface area contributed by atoms with E-state index >= 15 is 0 Å². The minimum Gasteiger partial charge on any atom is -0.459 e. The average molecular weight is 478 g/mol. The molecular weight excluding hydrogens is 451 g/mol. The monoisotopic (exact) mass is 478 g/mol. The van der Waals surface area contributed by atoms with Crippen LogP contribution in [-0.4, -0.2) is 71.3 Å². The topological polar surface area (TPSA) is 92.1 Å². The summed E-state index contributed by atoms with van der Waals surface area (Å²) in [6.45, 7) is 6.76. The Labute approximate surface area is 170 Å². The zero-order valence-corrected chi connectivity index (χ0v) is 18.2. The highest BCUT2D eigenvalue weighted by molar-refractivity contribution is 14.0. The molecule has 1 aromatic heterocycles. The molecule has 0 radical (unpaired) electrons. The van der Waals surface area contributed by atoms with Crippen molar-refractivity contribution in [2.45, 2.75) is 26.4 Å². The van der Waals surface area contributed by atoms with Gasteiger partial charge in [0.1, 0.15) is 18.7 Å². The Balaban J connectivity index is 0.00000338. The lowest BCUT2D eigenvalue weighted by molar-refractivity contribution is -0.153. The van der Waals surface area contributed by atoms with Gasteiger partial charge >= 0.3 is 5.97 Å². The first kappa shape index (κ1) is 22.2. The van der Waals surface area contributed by atoms with Crippen LogP contribution in [0.25, 0.3) is 0 Å². The molecule has 1 aliphatic rings. The van der Waals surface area contributed by atoms with Crippen LogP contribution in [0.4, 0.5) is 5.69 Å². The van der Waals surface area contributed by atoms with Crippen LogP contribution in [0.3, 0.4) is 0 Å². The number of halogens is 1. The first-order chi connectivity index (χ1) is 11.7. The van der Waals surface area contributed by atoms with Crippen molar-refractivity contribution in [2.24, 2.45) is 12.0 Å². The number of esters is 1. The zero-order valence-electron chi connectivity index (χ0n) is 15.9. The molecule has 9 nitrogen and oxygen atoms in total. The number of nitrogens with zero attached hydrogens (tertiary/aromatic N) is 5. The van der Waals surface area contributed by atoms with Gasteiger partial charge in [0.15, 0.2) is 5.96 Å². The van der Waals surface area contributed by atoms with E-state index in [1.54, 1.807) is 22.8 Å². The summed E-state index contributed by atoms with van der Waals surface area (Å²) < 4.78 is 6.92. The normalized spacial score (nSPS) is 15.6. The number of guanidine groups is 1. The van der Waals surface area contributed by atoms with Crippen LogP contribution < -0.4 is 10.2 Å². The Morgan fingerprint density at radius 2 is 2.08 bits per heavy atom. The summed E-state index contributed by atoms with van der Waals surface area (Å²) in [7, 11) is 3.43. The highest BCUT2D eigenvalue weighted by Crippen LogP contribution is 2.16. The smallest absolute Gasteiger partial charge is 0.325 e. The van der Waals surface area contributed by atoms with Gasteiger partial charge in [-0.2, -0.15) is 5.10 Å². The minimum atomic E-state index is -0.534. The molecule has 10 heteroatoms. The average Bonchev–Trinajstić information content (AvgIpc) is 2.92. The Hall–Kier alpha value is -1.85. The second-order valence-corrected chi connectivity index (χ2v) is 6.83. The van der Waals surface area contributed by atoms with Crippen LogP contribution in [0.2, 0.25) is 0 Å². The fourth-order valence-electron chi connectivity index (χ4n) is 2.54. The second kappa shape index (κ2) is 9.19. The molecule has 2 heterocycles. The molecule has 1 fully saturated rings. The Kier molecular flexibility index (Phi) is 7.85. The van der Waals surface area contributed by atoms with Crippen molar-refractivity contribution >= 4 is 47.5 Å². The molecule has 0 unspecified atom stereocenters. The van der Waals surface area contributed by atoms with E-state index in [1.807, 2.05) is 38.9 Å². The molecule has 0 atom stereocenters. The molecule has 1 aromatic rings. The maximum atomic E-state index is 12.4. The van der Waals surface area contributed by atoms with Gasteiger partial charge < -0.3 is 19.9 Å². The number of carbonyl (C=O) groups excluding carboxylic acids is 2. The molecule has 0 saturated carbocycles. The van der Waals surface area contributed by atoms with Crippen LogP contribution in [0.5, 0.6) is 0 Å². The van der Waals surface area contributed by atoms with Crippen LogP contribution >= 0.6 is 24.0 Å². The highest BCUT2D eigenvalue weighted by Gasteiger charge is 2.28. The fraction of sp³-hybridized carbons (Fsp3) is 0.625. The SMILES string of the molecule is CN=C(NCC(=O)OC(C)(C)C)N1CCN(c2cnn(C)c2)C(=O)C1.I. The second-order valence-electron chi connectivity index (χ2n) is 6.83. The number of hydrogen-bond donors (Lipinski definition) is 1. The lowest BCUT2D eigenvalue weighted by Gasteiger charge is -2.35. The van der Waals surface area contributed by atoms with E-state index in [1.165, 1.54) is 0 Å². The summed E-state index contributed by atoms with van der Waals surface area (Å²) in [5, 5.41) is 7.05. The van der Waals surface area contributed by atoms with Gasteiger partial charge in [-0.05, 0) is 20.8 Å². The van der Waals surface area contributed by atoms with Gasteiger partial charge in [0, 0.05) is 33.4 Å². The zero-order chi connectivity index (χ0) is 18.6. The number of aromatic nitrogens is 2. The third-order valence-corrected chi connectivity index (χ3v) is 3.55. The molecule has 26 heavy (non-hydrogen) atoms. The number of piperazine rings is 1. The van der Waals surface area contributed by atoms with Gasteiger partial charge in [-0.25, -0.2) is 0 Å². The molecule has 0 bridgehead atoms. The van der Waals surface area contributed by atoms with E-state index in [4.69, 9.17) is 4.74 Å². The van der Waals surface area contributed by atoms with Crippen molar-refractivity contribution in [3.8, 4) is 0 Å². The Bertz CT molecular complexity index is 667. The Morgan fingerprint density at radius 3 is 2.58 bits per heavy atom. The summed E-state index contributed by atoms with van der Waals surface area (Å²) in [5.74, 6) is 0.0958. The summed E-state index contributed by atoms with van der Waals surface area (Å²) >= 11 is 0. The number of ether oxygens (including phenoxy) is 1. The molecule has 0 aliphatic carbocycles. The number of aliphatic imine (C=N–C) groups is 1. The lowest BCUT2D eigenvalue weighted by Crippen LogP contribution is -2.56. The van der Waals surface area contributed by atoms with Gasteiger partial charge in [0.2, 0.25) is 5.91 Å². The number of anilines is 1. The first-order valence-electron chi connectivity index (χ1n) is 8.16. The molecular formula is C16H27IN6O3. The number of rotatable bonds is 3. The third-order valence-electron chi connectivity index (χ3n) is 3.55. The summed E-state index contributed by atoms with van der Waals surface area (Å²) in [6.07, 6.45) is 3.48. The molecule has 1 N–H and O–H groups in total. The number of hydrogen-bond acceptors (Lipinski definition) is 5. The molecule has 2 rings (SSSR count). The van der Waals surface area contributed by atoms with Gasteiger partial charge in [-0.1, -0.05) is 0 Å². The number of carbonyl (C=O) groups is 2. The maximum absolute atomic E-state index is 12.4. The van der Waals surface area contributed by atoms with Crippen molar-refractivity contribution < 1.29 is 14.3 Å². The molecule has 1 saturated heterocycles. The number of nitrogens with one attached hydrogen (secondary N) is 1. The maximum Gasteiger partial charge on any atom is 0.325 e. The third kappa shape index (κ3) is 6.15. The molecule has 0 spiro atoms. The summed E-state index contributed by atoms with van der Waals surface area (Å²) in [6, 6.07) is 0. The van der Waals surface area contributed by atoms with Crippen molar-refractivity contribution in [1.82, 2.24) is 20.0 Å². The predicted molar refractivity (Wildman–Crippen MR) is 110 cm³/mol. The van der Waals surface area contributed by atoms with Gasteiger partial charge in [0.05, 0.1) is 11.9 Å². The van der Waals surface area contributed by atoms with Crippen molar-refractivity contribution in [2.75, 3.05) is 38.1 Å². The largest absolute Gasteiger partial charge is 0.459 e. The predicted octanol–water partition coefficient (Wildman–Crippen LogP) is 0.604. The quantitative estimate of drug-likeness (QED) is 0.296. The van der Waals surface area contributed by atoms with Gasteiger partial charge in [-0.3, -0.25) is 19.3 Å². The van der Waals surface area contributed by atoms with E-state index in [-0.39, 0.29) is 48.9 Å². The molecule has 146 valence electrons. The van der Waals surface area contributed by atoms with E-state index in [0.717, 1.165) is 5.69 Å². The lowest BCUT2D eigenvalue weighted by atomic mass is 10.2. The van der Waals surface area contributed by atoms with E-state index in [9.17, 15) is 9.59 Å². The van der Waals surface area contributed by atoms with Crippen LogP contribution in [0, 0.1) is 0 Å². The summed E-state index contributed by atoms with van der Waals surface area (Å²) in [4.78, 5) is 31.9. The standard InChI is InChI=1S/C16H26N6O3.HI/c1-16(2,3)25-14(24)9-18-15(17-4)21-6-7-22(13(23)11-21)12-8-19-20(5)10-12;/h8,10H,6-7,9,11H2,1-5H3,(H,17,18);1H. The van der Waals surface area contributed by atoms with Gasteiger partial charge in [-0.15, -0.1) is 24.0 Å². The van der Waals surface area contributed by atoms with Crippen molar-refractivity contribution in [3.63, 3.8) is 0 Å². The van der Waals surface area contributed by atoms with E-state index < -0.39 is 5.60 Å². The molecule has 1 aliphatic heterocycles. The Morgan fingerprint density at radius 1 is 1.38 bits per heavy atom. The van der Waals surface area contributed by atoms with Gasteiger partial charge in [0.25, 0.3) is 0 Å². The van der Waals surface area contributed by atoms with Crippen LogP contribution in [0.1, 0.15) is 20.8 Å². The minimum absolute atomic E-state index is 0. The highest BCUT2D eigenvalue weighted by atomic mass is 127. The number of aryl methyl sites for hydroxylation is 1. The summed E-state index contributed by atoms with van der Waals surface area (Å²) in [5.41, 5.74) is 0.247. The fourth-order valence-corrected chi connectivity index (χ4v) is 2.54. The molecule has 0 aromatic carbocycles. The van der Waals surface area contributed by atoms with Crippen LogP contribution in [-0.2, 0) is 21.4 Å².